The molecule has 0 aliphatic rings. The lowest BCUT2D eigenvalue weighted by Gasteiger charge is -2.10. The molecule has 3 nitrogen and oxygen atoms in total. The first-order valence-electron chi connectivity index (χ1n) is 4.02. The van der Waals surface area contributed by atoms with E-state index in [9.17, 15) is 18.0 Å². The number of hydrogen-bond donors (Lipinski definition) is 1. The van der Waals surface area contributed by atoms with Crippen molar-refractivity contribution in [3.05, 3.63) is 29.1 Å². The maximum atomic E-state index is 13.2. The minimum absolute atomic E-state index is 0.0753. The number of carboxylic acid groups (broad SMARTS) is 1. The zero-order valence-electron chi connectivity index (χ0n) is 7.71. The van der Waals surface area contributed by atoms with Crippen LogP contribution in [-0.4, -0.2) is 17.7 Å². The average Bonchev–Trinajstić information content (AvgIpc) is 2.18. The van der Waals surface area contributed by atoms with Crippen LogP contribution < -0.4 is 4.74 Å². The lowest BCUT2D eigenvalue weighted by Crippen LogP contribution is -2.08. The SMILES string of the molecule is O=C(O)c1cc(OC(F)F)c(CBr)cc1F. The van der Waals surface area contributed by atoms with Crippen LogP contribution in [0.25, 0.3) is 0 Å². The van der Waals surface area contributed by atoms with E-state index in [4.69, 9.17) is 5.11 Å². The summed E-state index contributed by atoms with van der Waals surface area (Å²) in [5, 5.41) is 8.67. The van der Waals surface area contributed by atoms with Crippen molar-refractivity contribution in [1.29, 1.82) is 0 Å². The molecule has 0 fully saturated rings. The van der Waals surface area contributed by atoms with Crippen LogP contribution in [0.15, 0.2) is 12.1 Å². The highest BCUT2D eigenvalue weighted by atomic mass is 79.9. The smallest absolute Gasteiger partial charge is 0.387 e. The van der Waals surface area contributed by atoms with Gasteiger partial charge in [0.1, 0.15) is 11.6 Å². The van der Waals surface area contributed by atoms with Crippen molar-refractivity contribution in [2.45, 2.75) is 11.9 Å². The van der Waals surface area contributed by atoms with Crippen LogP contribution in [0.5, 0.6) is 5.75 Å². The quantitative estimate of drug-likeness (QED) is 0.869. The Kier molecular flexibility index (Phi) is 4.17. The average molecular weight is 299 g/mol. The molecule has 0 aliphatic carbocycles. The normalized spacial score (nSPS) is 10.6. The zero-order valence-corrected chi connectivity index (χ0v) is 9.30. The van der Waals surface area contributed by atoms with Gasteiger partial charge in [-0.1, -0.05) is 15.9 Å². The van der Waals surface area contributed by atoms with Crippen molar-refractivity contribution in [1.82, 2.24) is 0 Å². The van der Waals surface area contributed by atoms with Crippen molar-refractivity contribution in [2.24, 2.45) is 0 Å². The molecule has 0 aromatic heterocycles. The second-order valence-electron chi connectivity index (χ2n) is 2.76. The van der Waals surface area contributed by atoms with Gasteiger partial charge in [-0.3, -0.25) is 0 Å². The monoisotopic (exact) mass is 298 g/mol. The number of carboxylic acids is 1. The number of alkyl halides is 3. The van der Waals surface area contributed by atoms with Crippen LogP contribution in [0.1, 0.15) is 15.9 Å². The molecule has 16 heavy (non-hydrogen) atoms. The summed E-state index contributed by atoms with van der Waals surface area (Å²) in [6.45, 7) is -3.09. The first-order chi connectivity index (χ1) is 7.45. The second-order valence-corrected chi connectivity index (χ2v) is 3.32. The van der Waals surface area contributed by atoms with E-state index >= 15 is 0 Å². The molecular formula is C9H6BrF3O3. The zero-order chi connectivity index (χ0) is 12.3. The van der Waals surface area contributed by atoms with Gasteiger partial charge in [-0.15, -0.1) is 0 Å². The molecule has 0 bridgehead atoms. The molecule has 0 saturated heterocycles. The van der Waals surface area contributed by atoms with Crippen molar-refractivity contribution in [3.8, 4) is 5.75 Å². The Bertz CT molecular complexity index is 409. The fourth-order valence-electron chi connectivity index (χ4n) is 1.07. The van der Waals surface area contributed by atoms with Crippen LogP contribution in [0.2, 0.25) is 0 Å². The van der Waals surface area contributed by atoms with E-state index in [0.717, 1.165) is 12.1 Å². The Morgan fingerprint density at radius 1 is 1.50 bits per heavy atom. The minimum atomic E-state index is -3.09. The van der Waals surface area contributed by atoms with E-state index < -0.39 is 24.0 Å². The lowest BCUT2D eigenvalue weighted by molar-refractivity contribution is -0.0504. The summed E-state index contributed by atoms with van der Waals surface area (Å²) in [6.07, 6.45) is 0. The van der Waals surface area contributed by atoms with E-state index in [1.165, 1.54) is 0 Å². The fraction of sp³-hybridized carbons (Fsp3) is 0.222. The minimum Gasteiger partial charge on any atom is -0.478 e. The Morgan fingerprint density at radius 3 is 2.56 bits per heavy atom. The summed E-state index contributed by atoms with van der Waals surface area (Å²) >= 11 is 2.96. The highest BCUT2D eigenvalue weighted by molar-refractivity contribution is 9.08. The van der Waals surface area contributed by atoms with E-state index in [-0.39, 0.29) is 16.6 Å². The summed E-state index contributed by atoms with van der Waals surface area (Å²) < 4.78 is 41.2. The van der Waals surface area contributed by atoms with Gasteiger partial charge in [-0.25, -0.2) is 9.18 Å². The third kappa shape index (κ3) is 2.88. The first-order valence-corrected chi connectivity index (χ1v) is 5.14. The Balaban J connectivity index is 3.23. The third-order valence-corrected chi connectivity index (χ3v) is 2.34. The molecule has 0 unspecified atom stereocenters. The number of ether oxygens (including phenoxy) is 1. The first kappa shape index (κ1) is 12.8. The van der Waals surface area contributed by atoms with E-state index in [2.05, 4.69) is 20.7 Å². The predicted molar refractivity (Wildman–Crippen MR) is 52.6 cm³/mol. The molecule has 0 aliphatic heterocycles. The van der Waals surface area contributed by atoms with E-state index in [0.29, 0.717) is 0 Å². The molecule has 0 radical (unpaired) electrons. The number of rotatable bonds is 4. The lowest BCUT2D eigenvalue weighted by atomic mass is 10.1. The molecule has 0 atom stereocenters. The topological polar surface area (TPSA) is 46.5 Å². The fourth-order valence-corrected chi connectivity index (χ4v) is 1.51. The molecule has 1 aromatic rings. The van der Waals surface area contributed by atoms with Crippen LogP contribution >= 0.6 is 15.9 Å². The molecule has 7 heteroatoms. The molecule has 0 spiro atoms. The highest BCUT2D eigenvalue weighted by Crippen LogP contribution is 2.26. The summed E-state index contributed by atoms with van der Waals surface area (Å²) in [5.74, 6) is -2.90. The molecule has 1 rings (SSSR count). The second kappa shape index (κ2) is 5.20. The molecule has 0 heterocycles. The van der Waals surface area contributed by atoms with Gasteiger partial charge in [0, 0.05) is 10.9 Å². The number of benzene rings is 1. The third-order valence-electron chi connectivity index (χ3n) is 1.74. The van der Waals surface area contributed by atoms with Gasteiger partial charge in [0.15, 0.2) is 0 Å². The molecule has 88 valence electrons. The van der Waals surface area contributed by atoms with Gasteiger partial charge in [0.25, 0.3) is 0 Å². The highest BCUT2D eigenvalue weighted by Gasteiger charge is 2.17. The molecule has 0 amide bonds. The van der Waals surface area contributed by atoms with Crippen LogP contribution in [0.4, 0.5) is 13.2 Å². The Morgan fingerprint density at radius 2 is 2.12 bits per heavy atom. The predicted octanol–water partition coefficient (Wildman–Crippen LogP) is 3.02. The van der Waals surface area contributed by atoms with Gasteiger partial charge >= 0.3 is 12.6 Å². The summed E-state index contributed by atoms with van der Waals surface area (Å²) in [5.41, 5.74) is -0.594. The maximum absolute atomic E-state index is 13.2. The molecule has 1 aromatic carbocycles. The summed E-state index contributed by atoms with van der Waals surface area (Å²) in [4.78, 5) is 10.6. The molecule has 0 saturated carbocycles. The van der Waals surface area contributed by atoms with E-state index in [1.54, 1.807) is 0 Å². The van der Waals surface area contributed by atoms with Gasteiger partial charge in [-0.05, 0) is 12.1 Å². The van der Waals surface area contributed by atoms with Crippen molar-refractivity contribution in [3.63, 3.8) is 0 Å². The number of aromatic carboxylic acids is 1. The van der Waals surface area contributed by atoms with Crippen molar-refractivity contribution < 1.29 is 27.8 Å². The Hall–Kier alpha value is -1.24. The number of halogens is 4. The van der Waals surface area contributed by atoms with Crippen molar-refractivity contribution >= 4 is 21.9 Å². The molecule has 1 N–H and O–H groups in total. The van der Waals surface area contributed by atoms with Gasteiger partial charge < -0.3 is 9.84 Å². The van der Waals surface area contributed by atoms with Crippen LogP contribution in [0, 0.1) is 5.82 Å². The Labute approximate surface area is 97.0 Å². The summed E-state index contributed by atoms with van der Waals surface area (Å²) in [6, 6.07) is 1.58. The molecular weight excluding hydrogens is 293 g/mol. The van der Waals surface area contributed by atoms with Gasteiger partial charge in [0.05, 0.1) is 5.56 Å². The van der Waals surface area contributed by atoms with Crippen LogP contribution in [0.3, 0.4) is 0 Å². The standard InChI is InChI=1S/C9H6BrF3O3/c10-3-4-1-6(11)5(8(14)15)2-7(4)16-9(12)13/h1-2,9H,3H2,(H,14,15). The summed E-state index contributed by atoms with van der Waals surface area (Å²) in [7, 11) is 0. The van der Waals surface area contributed by atoms with Gasteiger partial charge in [-0.2, -0.15) is 8.78 Å². The van der Waals surface area contributed by atoms with Gasteiger partial charge in [0.2, 0.25) is 0 Å². The number of carbonyl (C=O) groups is 1. The maximum Gasteiger partial charge on any atom is 0.387 e. The van der Waals surface area contributed by atoms with E-state index in [1.807, 2.05) is 0 Å². The van der Waals surface area contributed by atoms with Crippen LogP contribution in [-0.2, 0) is 5.33 Å². The largest absolute Gasteiger partial charge is 0.478 e. The van der Waals surface area contributed by atoms with Crippen molar-refractivity contribution in [2.75, 3.05) is 0 Å². The number of hydrogen-bond acceptors (Lipinski definition) is 2.